The third kappa shape index (κ3) is 9.64. The molecule has 1 fully saturated rings. The highest BCUT2D eigenvalue weighted by Crippen LogP contribution is 2.42. The van der Waals surface area contributed by atoms with Crippen LogP contribution in [0.5, 0.6) is 0 Å². The van der Waals surface area contributed by atoms with E-state index in [4.69, 9.17) is 19.3 Å². The lowest BCUT2D eigenvalue weighted by atomic mass is 10.1. The fourth-order valence-electron chi connectivity index (χ4n) is 3.71. The van der Waals surface area contributed by atoms with E-state index in [2.05, 4.69) is 31.0 Å². The summed E-state index contributed by atoms with van der Waals surface area (Å²) in [4.78, 5) is 0. The van der Waals surface area contributed by atoms with Gasteiger partial charge in [-0.05, 0) is 37.2 Å². The average molecular weight is 447 g/mol. The topological polar surface area (TPSA) is 65.7 Å². The summed E-state index contributed by atoms with van der Waals surface area (Å²) in [7, 11) is 3.22. The zero-order valence-electron chi connectivity index (χ0n) is 19.0. The minimum atomic E-state index is -2.15. The van der Waals surface area contributed by atoms with Crippen molar-refractivity contribution in [1.29, 1.82) is 0 Å². The van der Waals surface area contributed by atoms with Gasteiger partial charge in [0.2, 0.25) is 0 Å². The standard InChI is InChI=1S/C11H24O3Si.C9H11N.C2H7N.ClH/c1-5-8-11(12-2)9-6-7-10-15(11,13-3)14-4;1-2-10-8-9-6-4-3-5-7-9;1-2-3;/h5-10H2,1-4H3;2-7,10H,1,8H2;2-3H2,1H3;1H. The highest BCUT2D eigenvalue weighted by Gasteiger charge is 2.58. The summed E-state index contributed by atoms with van der Waals surface area (Å²) in [6.45, 7) is 9.28. The Morgan fingerprint density at radius 1 is 1.14 bits per heavy atom. The molecule has 0 radical (unpaired) electrons. The number of rotatable bonds is 8. The normalized spacial score (nSPS) is 19.4. The van der Waals surface area contributed by atoms with E-state index in [1.165, 1.54) is 18.4 Å². The van der Waals surface area contributed by atoms with Crippen molar-refractivity contribution in [3.63, 3.8) is 0 Å². The van der Waals surface area contributed by atoms with E-state index in [9.17, 15) is 0 Å². The Morgan fingerprint density at radius 2 is 1.72 bits per heavy atom. The lowest BCUT2D eigenvalue weighted by Crippen LogP contribution is -2.64. The molecule has 170 valence electrons. The summed E-state index contributed by atoms with van der Waals surface area (Å²) < 4.78 is 17.4. The molecule has 1 aromatic rings. The minimum absolute atomic E-state index is 0. The molecular weight excluding hydrogens is 404 g/mol. The number of hydrogen-bond donors (Lipinski definition) is 2. The van der Waals surface area contributed by atoms with E-state index in [-0.39, 0.29) is 17.6 Å². The molecule has 29 heavy (non-hydrogen) atoms. The Morgan fingerprint density at radius 3 is 2.17 bits per heavy atom. The maximum atomic E-state index is 5.83. The summed E-state index contributed by atoms with van der Waals surface area (Å²) in [6.07, 6.45) is 7.41. The van der Waals surface area contributed by atoms with Crippen LogP contribution < -0.4 is 11.1 Å². The molecule has 1 saturated heterocycles. The molecule has 1 aromatic carbocycles. The molecule has 0 amide bonds. The summed E-state index contributed by atoms with van der Waals surface area (Å²) in [5, 5.41) is 2.91. The summed E-state index contributed by atoms with van der Waals surface area (Å²) >= 11 is 0. The van der Waals surface area contributed by atoms with Crippen molar-refractivity contribution >= 4 is 21.0 Å². The number of nitrogens with one attached hydrogen (secondary N) is 1. The fourth-order valence-corrected chi connectivity index (χ4v) is 7.70. The first-order chi connectivity index (χ1) is 13.5. The van der Waals surface area contributed by atoms with Gasteiger partial charge in [0, 0.05) is 27.9 Å². The van der Waals surface area contributed by atoms with Crippen molar-refractivity contribution < 1.29 is 13.6 Å². The van der Waals surface area contributed by atoms with Gasteiger partial charge in [0.05, 0.1) is 0 Å². The van der Waals surface area contributed by atoms with Gasteiger partial charge in [-0.3, -0.25) is 0 Å². The van der Waals surface area contributed by atoms with E-state index in [1.807, 2.05) is 25.1 Å². The Kier molecular flexibility index (Phi) is 18.7. The van der Waals surface area contributed by atoms with Gasteiger partial charge >= 0.3 is 8.56 Å². The third-order valence-corrected chi connectivity index (χ3v) is 9.45. The Bertz CT molecular complexity index is 500. The molecule has 2 rings (SSSR count). The van der Waals surface area contributed by atoms with Crippen LogP contribution in [0.3, 0.4) is 0 Å². The molecule has 0 spiro atoms. The van der Waals surface area contributed by atoms with Crippen LogP contribution >= 0.6 is 12.4 Å². The second kappa shape index (κ2) is 17.9. The Labute approximate surface area is 186 Å². The molecule has 0 aliphatic carbocycles. The van der Waals surface area contributed by atoms with Crippen LogP contribution in [0.15, 0.2) is 43.1 Å². The predicted molar refractivity (Wildman–Crippen MR) is 129 cm³/mol. The number of methoxy groups -OCH3 is 1. The highest BCUT2D eigenvalue weighted by molar-refractivity contribution is 6.70. The first-order valence-corrected chi connectivity index (χ1v) is 12.3. The number of hydrogen-bond acceptors (Lipinski definition) is 5. The molecule has 1 aliphatic rings. The van der Waals surface area contributed by atoms with Gasteiger partial charge in [-0.25, -0.2) is 0 Å². The van der Waals surface area contributed by atoms with Crippen molar-refractivity contribution in [2.24, 2.45) is 5.73 Å². The SMILES string of the molecule is C=CNCc1ccccc1.CCCC1(OC)CCCC[Si]1(OC)OC.CCN.Cl. The third-order valence-electron chi connectivity index (χ3n) is 5.03. The molecule has 1 heterocycles. The molecular formula is C22H43ClN2O3Si. The summed E-state index contributed by atoms with van der Waals surface area (Å²) in [5.74, 6) is 0. The smallest absolute Gasteiger partial charge is 0.370 e. The molecule has 5 nitrogen and oxygen atoms in total. The largest absolute Gasteiger partial charge is 0.396 e. The van der Waals surface area contributed by atoms with Crippen LogP contribution in [0, 0.1) is 0 Å². The number of ether oxygens (including phenoxy) is 1. The van der Waals surface area contributed by atoms with Gasteiger partial charge in [-0.2, -0.15) is 0 Å². The first-order valence-electron chi connectivity index (χ1n) is 10.3. The second-order valence-corrected chi connectivity index (χ2v) is 10.5. The van der Waals surface area contributed by atoms with Crippen LogP contribution in [0.25, 0.3) is 0 Å². The van der Waals surface area contributed by atoms with Gasteiger partial charge in [0.25, 0.3) is 0 Å². The highest BCUT2D eigenvalue weighted by atomic mass is 35.5. The number of nitrogens with two attached hydrogens (primary N) is 1. The second-order valence-electron chi connectivity index (χ2n) is 6.80. The molecule has 0 aromatic heterocycles. The fraction of sp³-hybridized carbons (Fsp3) is 0.636. The van der Waals surface area contributed by atoms with Crippen molar-refractivity contribution in [3.8, 4) is 0 Å². The van der Waals surface area contributed by atoms with Gasteiger partial charge < -0.3 is 24.6 Å². The molecule has 1 aliphatic heterocycles. The molecule has 1 unspecified atom stereocenters. The summed E-state index contributed by atoms with van der Waals surface area (Å²) in [5.41, 5.74) is 6.13. The number of benzene rings is 1. The zero-order chi connectivity index (χ0) is 21.3. The van der Waals surface area contributed by atoms with Gasteiger partial charge in [0.1, 0.15) is 5.22 Å². The first kappa shape index (κ1) is 30.3. The van der Waals surface area contributed by atoms with Crippen LogP contribution in [0.1, 0.15) is 51.5 Å². The number of halogens is 1. The monoisotopic (exact) mass is 446 g/mol. The van der Waals surface area contributed by atoms with Gasteiger partial charge in [-0.1, -0.05) is 70.0 Å². The van der Waals surface area contributed by atoms with E-state index in [1.54, 1.807) is 27.5 Å². The van der Waals surface area contributed by atoms with Crippen LogP contribution in [-0.2, 0) is 20.1 Å². The van der Waals surface area contributed by atoms with Gasteiger partial charge in [-0.15, -0.1) is 12.4 Å². The maximum Gasteiger partial charge on any atom is 0.370 e. The van der Waals surface area contributed by atoms with Crippen LogP contribution in [-0.4, -0.2) is 41.7 Å². The van der Waals surface area contributed by atoms with E-state index in [0.717, 1.165) is 38.4 Å². The molecule has 0 saturated carbocycles. The van der Waals surface area contributed by atoms with E-state index in [0.29, 0.717) is 0 Å². The lowest BCUT2D eigenvalue weighted by Gasteiger charge is -2.47. The molecule has 7 heteroatoms. The van der Waals surface area contributed by atoms with Gasteiger partial charge in [0.15, 0.2) is 0 Å². The van der Waals surface area contributed by atoms with Crippen molar-refractivity contribution in [1.82, 2.24) is 5.32 Å². The Balaban J connectivity index is 0. The minimum Gasteiger partial charge on any atom is -0.396 e. The zero-order valence-corrected chi connectivity index (χ0v) is 20.9. The quantitative estimate of drug-likeness (QED) is 0.554. The molecule has 0 bridgehead atoms. The van der Waals surface area contributed by atoms with Crippen LogP contribution in [0.4, 0.5) is 0 Å². The average Bonchev–Trinajstić information content (AvgIpc) is 2.74. The van der Waals surface area contributed by atoms with E-state index < -0.39 is 8.56 Å². The molecule has 3 N–H and O–H groups in total. The predicted octanol–water partition coefficient (Wildman–Crippen LogP) is 4.94. The van der Waals surface area contributed by atoms with Crippen molar-refractivity contribution in [3.05, 3.63) is 48.7 Å². The van der Waals surface area contributed by atoms with Crippen molar-refractivity contribution in [2.45, 2.75) is 63.8 Å². The van der Waals surface area contributed by atoms with Crippen LogP contribution in [0.2, 0.25) is 6.04 Å². The van der Waals surface area contributed by atoms with Crippen molar-refractivity contribution in [2.75, 3.05) is 27.9 Å². The summed E-state index contributed by atoms with van der Waals surface area (Å²) in [6, 6.07) is 11.3. The maximum absolute atomic E-state index is 5.83. The van der Waals surface area contributed by atoms with E-state index >= 15 is 0 Å². The Hall–Kier alpha value is -0.893. The molecule has 1 atom stereocenters. The lowest BCUT2D eigenvalue weighted by molar-refractivity contribution is -0.0149.